The maximum Gasteiger partial charge on any atom is 0.416 e. The van der Waals surface area contributed by atoms with Gasteiger partial charge in [0.05, 0.1) is 95.1 Å². The highest BCUT2D eigenvalue weighted by molar-refractivity contribution is 5.73. The summed E-state index contributed by atoms with van der Waals surface area (Å²) in [5.74, 6) is 0. The number of amides is 4. The van der Waals surface area contributed by atoms with Gasteiger partial charge in [-0.25, -0.2) is 19.2 Å². The Bertz CT molecular complexity index is 3970. The molecule has 6 aromatic carbocycles. The van der Waals surface area contributed by atoms with E-state index in [2.05, 4.69) is 16.7 Å². The number of nitrogens with one attached hydrogen (secondary N) is 2. The van der Waals surface area contributed by atoms with Crippen LogP contribution in [0.25, 0.3) is 0 Å². The lowest BCUT2D eigenvalue weighted by Crippen LogP contribution is -2.66. The number of hydrogen-bond donors (Lipinski definition) is 4. The standard InChI is InChI=1S/C38H41F6N3O5.C37H42F6N2O6.C4H7NO/c1-25(27-20-29(37(39,40)41)22-30(21-27)38(42,43)44)51-24-36(28-14-9-6-10-15-28)18-17-31(46-33(48)52-35(2,3)4)32(16-11-19-45)47(36)34(49)50-23-26-12-7-5-8-13-26;1-24(26-19-28(36(38,39)40)21-29(20-26)37(41,42)43)50-23-35(27-13-9-6-10-14-27)17-15-30(44-32(47)51-34(2,3)4)31(16-18-46)45(35)33(48)49-22-25-11-7-5-8-12-25;1-4(2,6)3-5/h5-10,12-15,20-22,25,31-32H,11,16-18,23-24H2,1-4H3,(H,46,48);5-14,19-21,24,30-31,46H,15-18,22-23H2,1-4H3,(H,44,47);6H,1-2H3/t25-,31+,32-,36-;24-,30+,31-,35-;/m11./s1. The number of halogens is 12. The van der Waals surface area contributed by atoms with Crippen molar-refractivity contribution in [1.82, 2.24) is 20.4 Å². The normalized spacial score (nSPS) is 19.7. The van der Waals surface area contributed by atoms with E-state index in [1.165, 1.54) is 37.5 Å². The molecular formula is C79H90F12N6O12. The van der Waals surface area contributed by atoms with Gasteiger partial charge in [-0.05, 0) is 178 Å². The third-order valence-electron chi connectivity index (χ3n) is 17.6. The number of ether oxygens (including phenoxy) is 6. The fourth-order valence-corrected chi connectivity index (χ4v) is 12.5. The second-order valence-electron chi connectivity index (χ2n) is 28.8. The Morgan fingerprint density at radius 2 is 0.807 bits per heavy atom. The molecule has 592 valence electrons. The monoisotopic (exact) mass is 1540 g/mol. The van der Waals surface area contributed by atoms with Crippen LogP contribution >= 0.6 is 0 Å². The van der Waals surface area contributed by atoms with Crippen molar-refractivity contribution in [3.8, 4) is 12.1 Å². The Morgan fingerprint density at radius 3 is 1.08 bits per heavy atom. The third-order valence-corrected chi connectivity index (χ3v) is 17.6. The topological polar surface area (TPSA) is 242 Å². The SMILES string of the molecule is CC(C)(O)C#N.C[C@@H](OC[C@@]1(c2ccccc2)CC[C@H](NC(=O)OC(C)(C)C)[C@@H](CCC#N)N1C(=O)OCc1ccccc1)c1cc(C(F)(F)F)cc(C(F)(F)F)c1.C[C@@H](OC[C@@]1(c2ccccc2)CC[C@H](NC(=O)OC(C)(C)C)[C@@H](CCO)N1C(=O)OCc1ccccc1)c1cc(C(F)(F)F)cc(C(F)(F)F)c1. The summed E-state index contributed by atoms with van der Waals surface area (Å²) in [5, 5.41) is 41.9. The van der Waals surface area contributed by atoms with Crippen molar-refractivity contribution in [3.05, 3.63) is 213 Å². The quantitative estimate of drug-likeness (QED) is 0.0316. The van der Waals surface area contributed by atoms with Gasteiger partial charge in [0.2, 0.25) is 0 Å². The molecule has 0 unspecified atom stereocenters. The van der Waals surface area contributed by atoms with E-state index in [0.29, 0.717) is 46.5 Å². The van der Waals surface area contributed by atoms with Crippen LogP contribution in [-0.4, -0.2) is 105 Å². The number of piperidine rings is 2. The first-order chi connectivity index (χ1) is 50.7. The fraction of sp³-hybridized carbons (Fsp3) is 0.468. The average molecular weight is 1540 g/mol. The molecule has 109 heavy (non-hydrogen) atoms. The molecule has 2 fully saturated rings. The summed E-state index contributed by atoms with van der Waals surface area (Å²) >= 11 is 0. The summed E-state index contributed by atoms with van der Waals surface area (Å²) in [5.41, 5.74) is -9.92. The van der Waals surface area contributed by atoms with Gasteiger partial charge >= 0.3 is 49.1 Å². The van der Waals surface area contributed by atoms with Crippen molar-refractivity contribution in [1.29, 1.82) is 10.5 Å². The van der Waals surface area contributed by atoms with Crippen LogP contribution in [0.15, 0.2) is 158 Å². The molecule has 0 aromatic heterocycles. The van der Waals surface area contributed by atoms with E-state index in [1.54, 1.807) is 169 Å². The lowest BCUT2D eigenvalue weighted by Gasteiger charge is -2.53. The second-order valence-corrected chi connectivity index (χ2v) is 28.8. The molecule has 2 heterocycles. The zero-order chi connectivity index (χ0) is 81.1. The van der Waals surface area contributed by atoms with E-state index in [-0.39, 0.29) is 81.4 Å². The van der Waals surface area contributed by atoms with Crippen molar-refractivity contribution >= 4 is 24.4 Å². The van der Waals surface area contributed by atoms with Crippen LogP contribution in [0.1, 0.15) is 182 Å². The Kier molecular flexibility index (Phi) is 30.1. The van der Waals surface area contributed by atoms with Gasteiger partial charge in [0.25, 0.3) is 0 Å². The molecule has 2 aliphatic heterocycles. The molecule has 0 aliphatic carbocycles. The predicted molar refractivity (Wildman–Crippen MR) is 376 cm³/mol. The Labute approximate surface area is 625 Å². The highest BCUT2D eigenvalue weighted by atomic mass is 19.4. The number of aliphatic hydroxyl groups is 2. The Balaban J connectivity index is 0.000000317. The summed E-state index contributed by atoms with van der Waals surface area (Å²) in [4.78, 5) is 57.4. The number of benzene rings is 6. The Morgan fingerprint density at radius 1 is 0.505 bits per heavy atom. The molecule has 0 spiro atoms. The van der Waals surface area contributed by atoms with E-state index in [9.17, 15) is 82.2 Å². The first-order valence-corrected chi connectivity index (χ1v) is 34.8. The van der Waals surface area contributed by atoms with Crippen LogP contribution in [0.4, 0.5) is 71.9 Å². The molecule has 2 aliphatic rings. The van der Waals surface area contributed by atoms with Gasteiger partial charge in [-0.2, -0.15) is 63.2 Å². The second kappa shape index (κ2) is 37.2. The maximum atomic E-state index is 14.4. The van der Waals surface area contributed by atoms with Gasteiger partial charge in [0.1, 0.15) is 30.0 Å². The van der Waals surface area contributed by atoms with Gasteiger partial charge in [-0.1, -0.05) is 121 Å². The number of rotatable bonds is 20. The zero-order valence-corrected chi connectivity index (χ0v) is 61.8. The fourth-order valence-electron chi connectivity index (χ4n) is 12.5. The first-order valence-electron chi connectivity index (χ1n) is 34.8. The van der Waals surface area contributed by atoms with Crippen LogP contribution in [0.3, 0.4) is 0 Å². The average Bonchev–Trinajstić information content (AvgIpc) is 0.745. The van der Waals surface area contributed by atoms with Gasteiger partial charge in [-0.3, -0.25) is 9.80 Å². The van der Waals surface area contributed by atoms with Crippen molar-refractivity contribution in [2.75, 3.05) is 19.8 Å². The van der Waals surface area contributed by atoms with Gasteiger partial charge in [0.15, 0.2) is 0 Å². The van der Waals surface area contributed by atoms with Crippen LogP contribution in [0, 0.1) is 22.7 Å². The minimum absolute atomic E-state index is 0.0341. The number of alkyl carbamates (subject to hydrolysis) is 2. The minimum atomic E-state index is -5.06. The lowest BCUT2D eigenvalue weighted by atomic mass is 9.75. The number of carbonyl (C=O) groups excluding carboxylic acids is 4. The maximum absolute atomic E-state index is 14.4. The summed E-state index contributed by atoms with van der Waals surface area (Å²) in [7, 11) is 0. The van der Waals surface area contributed by atoms with E-state index in [0.717, 1.165) is 0 Å². The number of nitrogens with zero attached hydrogens (tertiary/aromatic N) is 4. The van der Waals surface area contributed by atoms with E-state index in [4.69, 9.17) is 38.8 Å². The zero-order valence-electron chi connectivity index (χ0n) is 61.8. The number of aliphatic hydroxyl groups excluding tert-OH is 1. The van der Waals surface area contributed by atoms with E-state index in [1.807, 2.05) is 0 Å². The van der Waals surface area contributed by atoms with Gasteiger partial charge in [-0.15, -0.1) is 0 Å². The highest BCUT2D eigenvalue weighted by Crippen LogP contribution is 2.48. The Hall–Kier alpha value is -9.62. The first kappa shape index (κ1) is 88.3. The largest absolute Gasteiger partial charge is 0.445 e. The number of hydrogen-bond acceptors (Lipinski definition) is 14. The van der Waals surface area contributed by atoms with Crippen LogP contribution in [0.5, 0.6) is 0 Å². The summed E-state index contributed by atoms with van der Waals surface area (Å²) in [6, 6.07) is 37.9. The third kappa shape index (κ3) is 25.8. The van der Waals surface area contributed by atoms with Gasteiger partial charge in [0, 0.05) is 13.0 Å². The minimum Gasteiger partial charge on any atom is -0.445 e. The van der Waals surface area contributed by atoms with Crippen molar-refractivity contribution in [3.63, 3.8) is 0 Å². The molecule has 8 atom stereocenters. The molecule has 8 rings (SSSR count). The van der Waals surface area contributed by atoms with Crippen LogP contribution in [0.2, 0.25) is 0 Å². The van der Waals surface area contributed by atoms with Crippen molar-refractivity contribution in [2.45, 2.75) is 216 Å². The molecule has 0 saturated carbocycles. The molecule has 0 radical (unpaired) electrons. The van der Waals surface area contributed by atoms with Crippen molar-refractivity contribution in [2.24, 2.45) is 0 Å². The van der Waals surface area contributed by atoms with E-state index < -0.39 is 155 Å². The molecule has 18 nitrogen and oxygen atoms in total. The van der Waals surface area contributed by atoms with Crippen LogP contribution < -0.4 is 10.6 Å². The molecule has 30 heteroatoms. The molecular weight excluding hydrogens is 1450 g/mol. The lowest BCUT2D eigenvalue weighted by molar-refractivity contribution is -0.145. The number of likely N-dealkylation sites (tertiary alicyclic amines) is 2. The summed E-state index contributed by atoms with van der Waals surface area (Å²) in [6.07, 6.45) is -25.3. The smallest absolute Gasteiger partial charge is 0.416 e. The van der Waals surface area contributed by atoms with Crippen LogP contribution in [-0.2, 0) is 77.4 Å². The molecule has 2 saturated heterocycles. The van der Waals surface area contributed by atoms with Crippen molar-refractivity contribution < 1.29 is 110 Å². The summed E-state index contributed by atoms with van der Waals surface area (Å²) in [6.45, 7) is 14.2. The molecule has 4 amide bonds. The van der Waals surface area contributed by atoms with E-state index >= 15 is 0 Å². The predicted octanol–water partition coefficient (Wildman–Crippen LogP) is 18.8. The number of nitriles is 2. The molecule has 0 bridgehead atoms. The molecule has 4 N–H and O–H groups in total. The number of carbonyl (C=O) groups is 4. The number of alkyl halides is 12. The molecule has 6 aromatic rings. The van der Waals surface area contributed by atoms with Gasteiger partial charge < -0.3 is 49.3 Å². The summed E-state index contributed by atoms with van der Waals surface area (Å²) < 4.78 is 200. The highest BCUT2D eigenvalue weighted by Gasteiger charge is 2.55.